The molecule has 0 aliphatic heterocycles. The highest BCUT2D eigenvalue weighted by molar-refractivity contribution is 7.90. The van der Waals surface area contributed by atoms with Crippen LogP contribution < -0.4 is 0 Å². The van der Waals surface area contributed by atoms with Gasteiger partial charge in [0.05, 0.1) is 4.90 Å². The molecule has 1 heterocycles. The van der Waals surface area contributed by atoms with Crippen LogP contribution in [0.4, 0.5) is 0 Å². The van der Waals surface area contributed by atoms with Crippen molar-refractivity contribution in [1.29, 1.82) is 0 Å². The maximum absolute atomic E-state index is 12.3. The first-order valence-corrected chi connectivity index (χ1v) is 10.8. The van der Waals surface area contributed by atoms with Crippen LogP contribution in [0, 0.1) is 0 Å². The summed E-state index contributed by atoms with van der Waals surface area (Å²) >= 11 is 6.02. The summed E-state index contributed by atoms with van der Waals surface area (Å²) in [6.07, 6.45) is 1.18. The monoisotopic (exact) mass is 409 g/mol. The fourth-order valence-electron chi connectivity index (χ4n) is 2.99. The number of hydrogen-bond donors (Lipinski definition) is 0. The average Bonchev–Trinajstić information content (AvgIpc) is 3.14. The van der Waals surface area contributed by atoms with Gasteiger partial charge in [-0.25, -0.2) is 13.4 Å². The van der Waals surface area contributed by atoms with Gasteiger partial charge in [-0.1, -0.05) is 54.1 Å². The molecular formula is C22H16ClNO3S. The quantitative estimate of drug-likeness (QED) is 0.431. The van der Waals surface area contributed by atoms with Crippen LogP contribution in [-0.2, 0) is 9.84 Å². The Hall–Kier alpha value is -2.89. The first-order chi connectivity index (χ1) is 13.4. The third-order valence-electron chi connectivity index (χ3n) is 4.30. The van der Waals surface area contributed by atoms with Crippen LogP contribution in [0.25, 0.3) is 34.0 Å². The predicted molar refractivity (Wildman–Crippen MR) is 111 cm³/mol. The standard InChI is InChI=1S/C22H16ClNO3S/c1-28(25,26)19-10-6-5-9-18(19)21-20(15-11-13-17(23)14-12-15)24-22(27-21)16-7-3-2-4-8-16/h2-14H,1H3. The van der Waals surface area contributed by atoms with Gasteiger partial charge >= 0.3 is 0 Å². The van der Waals surface area contributed by atoms with E-state index in [2.05, 4.69) is 4.98 Å². The molecule has 4 aromatic rings. The third-order valence-corrected chi connectivity index (χ3v) is 5.70. The number of hydrogen-bond acceptors (Lipinski definition) is 4. The molecule has 0 N–H and O–H groups in total. The lowest BCUT2D eigenvalue weighted by Crippen LogP contribution is -1.99. The molecule has 0 aliphatic rings. The third kappa shape index (κ3) is 3.59. The lowest BCUT2D eigenvalue weighted by molar-refractivity contribution is 0.584. The molecule has 0 amide bonds. The molecule has 0 fully saturated rings. The average molecular weight is 410 g/mol. The maximum atomic E-state index is 12.3. The molecule has 0 atom stereocenters. The van der Waals surface area contributed by atoms with Crippen LogP contribution in [0.2, 0.25) is 5.02 Å². The van der Waals surface area contributed by atoms with E-state index in [4.69, 9.17) is 16.0 Å². The number of benzene rings is 3. The van der Waals surface area contributed by atoms with Gasteiger partial charge in [-0.3, -0.25) is 0 Å². The van der Waals surface area contributed by atoms with Gasteiger partial charge < -0.3 is 4.42 Å². The highest BCUT2D eigenvalue weighted by Crippen LogP contribution is 2.38. The minimum Gasteiger partial charge on any atom is -0.435 e. The molecule has 4 nitrogen and oxygen atoms in total. The summed E-state index contributed by atoms with van der Waals surface area (Å²) in [5.74, 6) is 0.825. The first kappa shape index (κ1) is 18.5. The van der Waals surface area contributed by atoms with Crippen LogP contribution in [0.15, 0.2) is 88.2 Å². The van der Waals surface area contributed by atoms with Crippen molar-refractivity contribution < 1.29 is 12.8 Å². The Kier molecular flexibility index (Phi) is 4.79. The Balaban J connectivity index is 1.99. The Morgan fingerprint density at radius 3 is 2.14 bits per heavy atom. The van der Waals surface area contributed by atoms with E-state index >= 15 is 0 Å². The molecule has 6 heteroatoms. The molecule has 4 rings (SSSR count). The van der Waals surface area contributed by atoms with Gasteiger partial charge in [-0.05, 0) is 36.4 Å². The molecule has 0 unspecified atom stereocenters. The number of sulfone groups is 1. The number of aromatic nitrogens is 1. The molecule has 1 aromatic heterocycles. The van der Waals surface area contributed by atoms with Crippen molar-refractivity contribution in [3.63, 3.8) is 0 Å². The summed E-state index contributed by atoms with van der Waals surface area (Å²) in [5, 5.41) is 0.605. The second kappa shape index (κ2) is 7.26. The van der Waals surface area contributed by atoms with Gasteiger partial charge in [0.2, 0.25) is 5.89 Å². The number of halogens is 1. The lowest BCUT2D eigenvalue weighted by atomic mass is 10.1. The van der Waals surface area contributed by atoms with Gasteiger partial charge in [-0.2, -0.15) is 0 Å². The molecule has 0 spiro atoms. The second-order valence-corrected chi connectivity index (χ2v) is 8.76. The highest BCUT2D eigenvalue weighted by atomic mass is 35.5. The number of rotatable bonds is 4. The van der Waals surface area contributed by atoms with Crippen molar-refractivity contribution in [2.75, 3.05) is 6.26 Å². The molecule has 0 saturated heterocycles. The topological polar surface area (TPSA) is 60.2 Å². The Morgan fingerprint density at radius 2 is 1.46 bits per heavy atom. The van der Waals surface area contributed by atoms with E-state index < -0.39 is 9.84 Å². The SMILES string of the molecule is CS(=O)(=O)c1ccccc1-c1oc(-c2ccccc2)nc1-c1ccc(Cl)cc1. The van der Waals surface area contributed by atoms with Crippen molar-refractivity contribution in [2.24, 2.45) is 0 Å². The van der Waals surface area contributed by atoms with E-state index in [1.807, 2.05) is 42.5 Å². The van der Waals surface area contributed by atoms with Crippen molar-refractivity contribution in [2.45, 2.75) is 4.90 Å². The molecule has 0 aliphatic carbocycles. The van der Waals surface area contributed by atoms with Gasteiger partial charge in [0.1, 0.15) is 5.69 Å². The zero-order chi connectivity index (χ0) is 19.7. The minimum atomic E-state index is -3.45. The second-order valence-electron chi connectivity index (χ2n) is 6.34. The van der Waals surface area contributed by atoms with Crippen molar-refractivity contribution in [3.8, 4) is 34.0 Å². The maximum Gasteiger partial charge on any atom is 0.227 e. The fourth-order valence-corrected chi connectivity index (χ4v) is 4.00. The van der Waals surface area contributed by atoms with Crippen LogP contribution in [0.3, 0.4) is 0 Å². The summed E-state index contributed by atoms with van der Waals surface area (Å²) in [4.78, 5) is 4.87. The summed E-state index contributed by atoms with van der Waals surface area (Å²) in [6, 6.07) is 23.4. The summed E-state index contributed by atoms with van der Waals surface area (Å²) < 4.78 is 30.7. The van der Waals surface area contributed by atoms with E-state index in [9.17, 15) is 8.42 Å². The summed E-state index contributed by atoms with van der Waals surface area (Å²) in [7, 11) is -3.45. The number of nitrogens with zero attached hydrogens (tertiary/aromatic N) is 1. The normalized spacial score (nSPS) is 11.5. The van der Waals surface area contributed by atoms with Crippen LogP contribution >= 0.6 is 11.6 Å². The van der Waals surface area contributed by atoms with E-state index in [0.29, 0.717) is 27.9 Å². The van der Waals surface area contributed by atoms with E-state index in [-0.39, 0.29) is 4.90 Å². The Labute approximate surface area is 168 Å². The molecular weight excluding hydrogens is 394 g/mol. The zero-order valence-electron chi connectivity index (χ0n) is 15.0. The largest absolute Gasteiger partial charge is 0.435 e. The molecule has 0 radical (unpaired) electrons. The smallest absolute Gasteiger partial charge is 0.227 e. The lowest BCUT2D eigenvalue weighted by Gasteiger charge is -2.07. The van der Waals surface area contributed by atoms with Gasteiger partial charge in [-0.15, -0.1) is 0 Å². The van der Waals surface area contributed by atoms with Crippen molar-refractivity contribution >= 4 is 21.4 Å². The minimum absolute atomic E-state index is 0.195. The van der Waals surface area contributed by atoms with E-state index in [0.717, 1.165) is 11.1 Å². The summed E-state index contributed by atoms with van der Waals surface area (Å²) in [5.41, 5.74) is 2.63. The van der Waals surface area contributed by atoms with Crippen LogP contribution in [-0.4, -0.2) is 19.7 Å². The summed E-state index contributed by atoms with van der Waals surface area (Å²) in [6.45, 7) is 0. The number of oxazole rings is 1. The molecule has 28 heavy (non-hydrogen) atoms. The van der Waals surface area contributed by atoms with Gasteiger partial charge in [0.15, 0.2) is 15.6 Å². The van der Waals surface area contributed by atoms with Crippen LogP contribution in [0.5, 0.6) is 0 Å². The predicted octanol–water partition coefficient (Wildman–Crippen LogP) is 5.73. The molecule has 0 saturated carbocycles. The van der Waals surface area contributed by atoms with Crippen molar-refractivity contribution in [1.82, 2.24) is 4.98 Å². The first-order valence-electron chi connectivity index (χ1n) is 8.55. The molecule has 3 aromatic carbocycles. The van der Waals surface area contributed by atoms with Gasteiger partial charge in [0.25, 0.3) is 0 Å². The highest BCUT2D eigenvalue weighted by Gasteiger charge is 2.23. The van der Waals surface area contributed by atoms with Gasteiger partial charge in [0, 0.05) is 28.0 Å². The van der Waals surface area contributed by atoms with E-state index in [1.54, 1.807) is 36.4 Å². The Morgan fingerprint density at radius 1 is 0.821 bits per heavy atom. The molecule has 140 valence electrons. The fraction of sp³-hybridized carbons (Fsp3) is 0.0455. The van der Waals surface area contributed by atoms with Crippen molar-refractivity contribution in [3.05, 3.63) is 83.9 Å². The van der Waals surface area contributed by atoms with E-state index in [1.165, 1.54) is 6.26 Å². The molecule has 0 bridgehead atoms. The van der Waals surface area contributed by atoms with Crippen LogP contribution in [0.1, 0.15) is 0 Å². The Bertz CT molecular complexity index is 1230. The zero-order valence-corrected chi connectivity index (χ0v) is 16.5.